The minimum atomic E-state index is -4.82. The number of alkyl halides is 3. The van der Waals surface area contributed by atoms with Crippen LogP contribution in [0.1, 0.15) is 53.2 Å². The van der Waals surface area contributed by atoms with Gasteiger partial charge in [-0.25, -0.2) is 4.39 Å². The lowest BCUT2D eigenvalue weighted by molar-refractivity contribution is -0.138. The molecule has 0 radical (unpaired) electrons. The number of hydrogen-bond acceptors (Lipinski definition) is 2. The van der Waals surface area contributed by atoms with Gasteiger partial charge in [0.1, 0.15) is 5.82 Å². The molecule has 0 saturated carbocycles. The first kappa shape index (κ1) is 19.9. The molecule has 2 saturated heterocycles. The second-order valence-corrected chi connectivity index (χ2v) is 7.92. The van der Waals surface area contributed by atoms with Crippen LogP contribution in [0.4, 0.5) is 17.6 Å². The fraction of sp³-hybridized carbons (Fsp3) is 0.409. The molecule has 2 heterocycles. The van der Waals surface area contributed by atoms with Crippen molar-refractivity contribution in [3.63, 3.8) is 0 Å². The monoisotopic (exact) mass is 406 g/mol. The van der Waals surface area contributed by atoms with Gasteiger partial charge in [0.25, 0.3) is 5.91 Å². The number of benzene rings is 2. The number of nitrogens with zero attached hydrogens (tertiary/aromatic N) is 1. The summed E-state index contributed by atoms with van der Waals surface area (Å²) in [4.78, 5) is 15.2. The smallest absolute Gasteiger partial charge is 0.343 e. The highest BCUT2D eigenvalue weighted by Crippen LogP contribution is 2.51. The van der Waals surface area contributed by atoms with Gasteiger partial charge in [0.2, 0.25) is 0 Å². The topological polar surface area (TPSA) is 32.3 Å². The molecule has 2 fully saturated rings. The number of likely N-dealkylation sites (N-methyl/N-ethyl adjacent to an activating group) is 1. The van der Waals surface area contributed by atoms with Gasteiger partial charge in [-0.05, 0) is 50.4 Å². The summed E-state index contributed by atoms with van der Waals surface area (Å²) in [6, 6.07) is 11.7. The number of nitrogens with one attached hydrogen (secondary N) is 1. The average Bonchev–Trinajstić information content (AvgIpc) is 3.18. The van der Waals surface area contributed by atoms with E-state index in [0.717, 1.165) is 49.4 Å². The Bertz CT molecular complexity index is 905. The molecule has 3 nitrogen and oxygen atoms in total. The lowest BCUT2D eigenvalue weighted by Crippen LogP contribution is -2.51. The quantitative estimate of drug-likeness (QED) is 0.730. The van der Waals surface area contributed by atoms with Crippen LogP contribution in [-0.4, -0.2) is 29.4 Å². The van der Waals surface area contributed by atoms with Crippen molar-refractivity contribution < 1.29 is 22.4 Å². The molecule has 1 atom stereocenters. The van der Waals surface area contributed by atoms with E-state index in [1.807, 2.05) is 37.4 Å². The molecule has 2 bridgehead atoms. The van der Waals surface area contributed by atoms with E-state index in [-0.39, 0.29) is 5.54 Å². The Hall–Kier alpha value is -2.41. The van der Waals surface area contributed by atoms with Gasteiger partial charge in [-0.3, -0.25) is 9.69 Å². The molecule has 1 unspecified atom stereocenters. The van der Waals surface area contributed by atoms with Gasteiger partial charge in [0.05, 0.1) is 17.2 Å². The molecule has 1 amide bonds. The van der Waals surface area contributed by atoms with Crippen LogP contribution >= 0.6 is 0 Å². The van der Waals surface area contributed by atoms with E-state index in [2.05, 4.69) is 10.2 Å². The van der Waals surface area contributed by atoms with Gasteiger partial charge in [0.15, 0.2) is 0 Å². The van der Waals surface area contributed by atoms with E-state index in [9.17, 15) is 22.4 Å². The number of halogens is 4. The zero-order valence-electron chi connectivity index (χ0n) is 16.0. The van der Waals surface area contributed by atoms with Crippen LogP contribution in [0.15, 0.2) is 48.5 Å². The number of rotatable bonds is 4. The van der Waals surface area contributed by atoms with Crippen molar-refractivity contribution in [2.24, 2.45) is 0 Å². The number of carbonyl (C=O) groups is 1. The minimum absolute atomic E-state index is 0.384. The fourth-order valence-corrected chi connectivity index (χ4v) is 5.07. The Morgan fingerprint density at radius 1 is 1.10 bits per heavy atom. The molecule has 2 aromatic rings. The van der Waals surface area contributed by atoms with Gasteiger partial charge < -0.3 is 5.32 Å². The summed E-state index contributed by atoms with van der Waals surface area (Å²) in [5.41, 5.74) is -1.79. The first-order chi connectivity index (χ1) is 13.7. The van der Waals surface area contributed by atoms with Crippen LogP contribution in [-0.2, 0) is 6.18 Å². The summed E-state index contributed by atoms with van der Waals surface area (Å²) in [5.74, 6) is -2.21. The fourth-order valence-electron chi connectivity index (χ4n) is 5.07. The average molecular weight is 406 g/mol. The summed E-state index contributed by atoms with van der Waals surface area (Å²) in [7, 11) is 2.00. The van der Waals surface area contributed by atoms with E-state index in [4.69, 9.17) is 0 Å². The highest BCUT2D eigenvalue weighted by molar-refractivity contribution is 5.96. The zero-order chi connectivity index (χ0) is 20.8. The molecule has 2 aliphatic rings. The molecular weight excluding hydrogens is 384 g/mol. The molecule has 4 rings (SSSR count). The van der Waals surface area contributed by atoms with E-state index >= 15 is 0 Å². The van der Waals surface area contributed by atoms with Gasteiger partial charge in [-0.2, -0.15) is 13.2 Å². The normalized spacial score (nSPS) is 25.2. The van der Waals surface area contributed by atoms with Gasteiger partial charge in [0, 0.05) is 11.6 Å². The SMILES string of the molecule is CN1C2CCC1(C(NC(=O)c1c(F)cccc1C(F)(F)F)c1ccccc1)CC2. The summed E-state index contributed by atoms with van der Waals surface area (Å²) in [5, 5.41) is 2.77. The third kappa shape index (κ3) is 3.31. The van der Waals surface area contributed by atoms with Crippen molar-refractivity contribution in [3.8, 4) is 0 Å². The zero-order valence-corrected chi connectivity index (χ0v) is 16.0. The van der Waals surface area contributed by atoms with Crippen molar-refractivity contribution in [1.29, 1.82) is 0 Å². The van der Waals surface area contributed by atoms with Crippen LogP contribution in [0, 0.1) is 5.82 Å². The minimum Gasteiger partial charge on any atom is -0.343 e. The van der Waals surface area contributed by atoms with Gasteiger partial charge in [-0.1, -0.05) is 36.4 Å². The third-order valence-electron chi connectivity index (χ3n) is 6.56. The van der Waals surface area contributed by atoms with Crippen molar-refractivity contribution in [2.45, 2.75) is 49.5 Å². The Morgan fingerprint density at radius 3 is 2.31 bits per heavy atom. The lowest BCUT2D eigenvalue weighted by atomic mass is 9.78. The summed E-state index contributed by atoms with van der Waals surface area (Å²) >= 11 is 0. The van der Waals surface area contributed by atoms with Crippen molar-refractivity contribution >= 4 is 5.91 Å². The second-order valence-electron chi connectivity index (χ2n) is 7.92. The maximum atomic E-state index is 14.4. The molecule has 2 aromatic carbocycles. The summed E-state index contributed by atoms with van der Waals surface area (Å²) in [6.45, 7) is 0. The van der Waals surface area contributed by atoms with Gasteiger partial charge >= 0.3 is 6.18 Å². The van der Waals surface area contributed by atoms with Crippen LogP contribution in [0.3, 0.4) is 0 Å². The van der Waals surface area contributed by atoms with Crippen molar-refractivity contribution in [2.75, 3.05) is 7.05 Å². The number of carbonyl (C=O) groups excluding carboxylic acids is 1. The third-order valence-corrected chi connectivity index (χ3v) is 6.56. The highest BCUT2D eigenvalue weighted by Gasteiger charge is 2.55. The van der Waals surface area contributed by atoms with Crippen molar-refractivity contribution in [3.05, 3.63) is 71.0 Å². The first-order valence-electron chi connectivity index (χ1n) is 9.68. The molecule has 29 heavy (non-hydrogen) atoms. The Balaban J connectivity index is 1.75. The summed E-state index contributed by atoms with van der Waals surface area (Å²) < 4.78 is 54.6. The van der Waals surface area contributed by atoms with Crippen LogP contribution in [0.25, 0.3) is 0 Å². The molecule has 2 aliphatic heterocycles. The Morgan fingerprint density at radius 2 is 1.76 bits per heavy atom. The Labute approximate surface area is 166 Å². The van der Waals surface area contributed by atoms with E-state index < -0.39 is 35.1 Å². The number of amides is 1. The second kappa shape index (κ2) is 7.13. The maximum Gasteiger partial charge on any atom is 0.417 e. The van der Waals surface area contributed by atoms with Crippen LogP contribution < -0.4 is 5.32 Å². The lowest BCUT2D eigenvalue weighted by Gasteiger charge is -2.41. The van der Waals surface area contributed by atoms with Crippen molar-refractivity contribution in [1.82, 2.24) is 10.2 Å². The first-order valence-corrected chi connectivity index (χ1v) is 9.68. The van der Waals surface area contributed by atoms with Gasteiger partial charge in [-0.15, -0.1) is 0 Å². The maximum absolute atomic E-state index is 14.4. The Kier molecular flexibility index (Phi) is 4.89. The predicted molar refractivity (Wildman–Crippen MR) is 101 cm³/mol. The highest BCUT2D eigenvalue weighted by atomic mass is 19.4. The molecule has 0 spiro atoms. The molecule has 0 aromatic heterocycles. The summed E-state index contributed by atoms with van der Waals surface area (Å²) in [6.07, 6.45) is -1.21. The number of hydrogen-bond donors (Lipinski definition) is 1. The van der Waals surface area contributed by atoms with Crippen LogP contribution in [0.5, 0.6) is 0 Å². The van der Waals surface area contributed by atoms with E-state index in [1.54, 1.807) is 0 Å². The predicted octanol–water partition coefficient (Wildman–Crippen LogP) is 4.94. The largest absolute Gasteiger partial charge is 0.417 e. The molecule has 0 aliphatic carbocycles. The number of fused-ring (bicyclic) bond motifs is 2. The van der Waals surface area contributed by atoms with E-state index in [1.165, 1.54) is 0 Å². The molecular formula is C22H22F4N2O. The standard InChI is InChI=1S/C22H22F4N2O/c1-28-15-10-12-21(28,13-11-15)19(14-6-3-2-4-7-14)27-20(29)18-16(22(24,25)26)8-5-9-17(18)23/h2-9,15,19H,10-13H2,1H3,(H,27,29). The van der Waals surface area contributed by atoms with E-state index in [0.29, 0.717) is 6.04 Å². The molecule has 1 N–H and O–H groups in total. The molecule has 154 valence electrons. The van der Waals surface area contributed by atoms with Crippen LogP contribution in [0.2, 0.25) is 0 Å². The molecule has 7 heteroatoms.